The van der Waals surface area contributed by atoms with Crippen molar-refractivity contribution in [2.24, 2.45) is 0 Å². The second kappa shape index (κ2) is 2.28. The molecular weight excluding hydrogens is 90.1 g/mol. The van der Waals surface area contributed by atoms with E-state index in [2.05, 4.69) is 5.32 Å². The van der Waals surface area contributed by atoms with Gasteiger partial charge in [-0.2, -0.15) is 0 Å². The Bertz CT molecular complexity index is 50.0. The number of hydrogen-bond donors (Lipinski definition) is 1. The van der Waals surface area contributed by atoms with Gasteiger partial charge in [-0.3, -0.25) is 5.32 Å². The second-order valence-corrected chi connectivity index (χ2v) is 1.67. The Kier molecular flexibility index (Phi) is 1.65. The van der Waals surface area contributed by atoms with Gasteiger partial charge in [0.15, 0.2) is 0 Å². The Balaban J connectivity index is 2.14. The molecule has 0 spiro atoms. The summed E-state index contributed by atoms with van der Waals surface area (Å²) in [6.45, 7) is 2.04. The maximum atomic E-state index is 4.97. The molecule has 0 bridgehead atoms. The van der Waals surface area contributed by atoms with E-state index in [9.17, 15) is 0 Å². The van der Waals surface area contributed by atoms with Crippen LogP contribution in [0.25, 0.3) is 0 Å². The Morgan fingerprint density at radius 1 is 1.86 bits per heavy atom. The van der Waals surface area contributed by atoms with Crippen LogP contribution in [0.15, 0.2) is 0 Å². The Hall–Kier alpha value is -0.0800. The summed E-state index contributed by atoms with van der Waals surface area (Å²) in [5.74, 6) is 0. The van der Waals surface area contributed by atoms with Crippen molar-refractivity contribution in [2.75, 3.05) is 7.11 Å². The molecule has 0 amide bonds. The standard InChI is InChI=1S/C5H10NO/c1-7-5-3-2-4-6-5/h4-6H,2-3H2,1H3/t5-/m0/s1. The first kappa shape index (κ1) is 5.06. The molecule has 2 nitrogen and oxygen atoms in total. The van der Waals surface area contributed by atoms with E-state index in [1.807, 2.05) is 6.54 Å². The van der Waals surface area contributed by atoms with Gasteiger partial charge in [-0.05, 0) is 12.8 Å². The average Bonchev–Trinajstić information content (AvgIpc) is 2.14. The molecule has 0 unspecified atom stereocenters. The zero-order valence-electron chi connectivity index (χ0n) is 4.48. The molecule has 1 radical (unpaired) electrons. The molecule has 1 heterocycles. The lowest BCUT2D eigenvalue weighted by molar-refractivity contribution is 0.0934. The number of nitrogens with one attached hydrogen (secondary N) is 1. The molecule has 1 fully saturated rings. The minimum atomic E-state index is 0.292. The van der Waals surface area contributed by atoms with Gasteiger partial charge in [0.25, 0.3) is 0 Å². The predicted molar refractivity (Wildman–Crippen MR) is 27.5 cm³/mol. The monoisotopic (exact) mass is 100 g/mol. The molecular formula is C5H10NO. The Labute approximate surface area is 43.9 Å². The predicted octanol–water partition coefficient (Wildman–Crippen LogP) is 0.504. The van der Waals surface area contributed by atoms with Crippen LogP contribution in [0.4, 0.5) is 0 Å². The van der Waals surface area contributed by atoms with Crippen LogP contribution in [0.5, 0.6) is 0 Å². The van der Waals surface area contributed by atoms with Crippen LogP contribution < -0.4 is 5.32 Å². The van der Waals surface area contributed by atoms with Gasteiger partial charge >= 0.3 is 0 Å². The molecule has 1 rings (SSSR count). The van der Waals surface area contributed by atoms with Crippen molar-refractivity contribution in [3.8, 4) is 0 Å². The fourth-order valence-electron chi connectivity index (χ4n) is 0.719. The van der Waals surface area contributed by atoms with Crippen molar-refractivity contribution in [2.45, 2.75) is 19.1 Å². The summed E-state index contributed by atoms with van der Waals surface area (Å²) in [6.07, 6.45) is 2.55. The van der Waals surface area contributed by atoms with Crippen LogP contribution in [0.2, 0.25) is 0 Å². The maximum absolute atomic E-state index is 4.97. The summed E-state index contributed by atoms with van der Waals surface area (Å²) < 4.78 is 4.97. The molecule has 0 aliphatic carbocycles. The van der Waals surface area contributed by atoms with Gasteiger partial charge in [0.1, 0.15) is 6.23 Å². The lowest BCUT2D eigenvalue weighted by Crippen LogP contribution is -2.20. The number of hydrogen-bond acceptors (Lipinski definition) is 2. The van der Waals surface area contributed by atoms with Crippen LogP contribution in [0, 0.1) is 6.54 Å². The van der Waals surface area contributed by atoms with E-state index < -0.39 is 0 Å². The molecule has 0 saturated carbocycles. The van der Waals surface area contributed by atoms with Crippen LogP contribution in [-0.4, -0.2) is 13.3 Å². The zero-order chi connectivity index (χ0) is 5.11. The SMILES string of the molecule is CO[C@H]1CC[CH]N1. The van der Waals surface area contributed by atoms with E-state index in [0.717, 1.165) is 12.8 Å². The fourth-order valence-corrected chi connectivity index (χ4v) is 0.719. The van der Waals surface area contributed by atoms with Crippen LogP contribution in [0.3, 0.4) is 0 Å². The van der Waals surface area contributed by atoms with Gasteiger partial charge in [-0.1, -0.05) is 0 Å². The van der Waals surface area contributed by atoms with Gasteiger partial charge in [0.2, 0.25) is 0 Å². The third-order valence-corrected chi connectivity index (χ3v) is 1.16. The van der Waals surface area contributed by atoms with Crippen LogP contribution in [0.1, 0.15) is 12.8 Å². The highest BCUT2D eigenvalue weighted by Gasteiger charge is 2.11. The summed E-state index contributed by atoms with van der Waals surface area (Å²) in [4.78, 5) is 0. The lowest BCUT2D eigenvalue weighted by Gasteiger charge is -2.03. The van der Waals surface area contributed by atoms with Crippen molar-refractivity contribution in [1.82, 2.24) is 5.32 Å². The Morgan fingerprint density at radius 2 is 2.71 bits per heavy atom. The van der Waals surface area contributed by atoms with Gasteiger partial charge in [-0.25, -0.2) is 0 Å². The summed E-state index contributed by atoms with van der Waals surface area (Å²) in [6, 6.07) is 0. The smallest absolute Gasteiger partial charge is 0.108 e. The minimum Gasteiger partial charge on any atom is -0.367 e. The zero-order valence-corrected chi connectivity index (χ0v) is 4.48. The molecule has 0 aromatic heterocycles. The molecule has 41 valence electrons. The first-order chi connectivity index (χ1) is 3.43. The third kappa shape index (κ3) is 1.14. The summed E-state index contributed by atoms with van der Waals surface area (Å²) in [7, 11) is 1.72. The van der Waals surface area contributed by atoms with Gasteiger partial charge in [-0.15, -0.1) is 0 Å². The summed E-state index contributed by atoms with van der Waals surface area (Å²) >= 11 is 0. The van der Waals surface area contributed by atoms with Crippen molar-refractivity contribution in [3.05, 3.63) is 6.54 Å². The van der Waals surface area contributed by atoms with Crippen molar-refractivity contribution in [1.29, 1.82) is 0 Å². The second-order valence-electron chi connectivity index (χ2n) is 1.67. The molecule has 1 aliphatic rings. The first-order valence-electron chi connectivity index (χ1n) is 2.54. The third-order valence-electron chi connectivity index (χ3n) is 1.16. The maximum Gasteiger partial charge on any atom is 0.108 e. The minimum absolute atomic E-state index is 0.292. The molecule has 0 aromatic carbocycles. The van der Waals surface area contributed by atoms with Crippen molar-refractivity contribution >= 4 is 0 Å². The van der Waals surface area contributed by atoms with E-state index in [1.165, 1.54) is 0 Å². The number of rotatable bonds is 1. The first-order valence-corrected chi connectivity index (χ1v) is 2.54. The molecule has 1 atom stereocenters. The average molecular weight is 100 g/mol. The Morgan fingerprint density at radius 3 is 3.00 bits per heavy atom. The highest BCUT2D eigenvalue weighted by molar-refractivity contribution is 4.74. The highest BCUT2D eigenvalue weighted by Crippen LogP contribution is 2.06. The largest absolute Gasteiger partial charge is 0.367 e. The molecule has 1 N–H and O–H groups in total. The molecule has 7 heavy (non-hydrogen) atoms. The summed E-state index contributed by atoms with van der Waals surface area (Å²) in [5.41, 5.74) is 0. The quantitative estimate of drug-likeness (QED) is 0.518. The van der Waals surface area contributed by atoms with Crippen LogP contribution in [-0.2, 0) is 4.74 Å². The number of methoxy groups -OCH3 is 1. The molecule has 1 aliphatic heterocycles. The van der Waals surface area contributed by atoms with E-state index >= 15 is 0 Å². The number of ether oxygens (including phenoxy) is 1. The molecule has 0 aromatic rings. The van der Waals surface area contributed by atoms with Gasteiger partial charge < -0.3 is 4.74 Å². The van der Waals surface area contributed by atoms with Crippen molar-refractivity contribution < 1.29 is 4.74 Å². The van der Waals surface area contributed by atoms with Gasteiger partial charge in [0, 0.05) is 13.7 Å². The highest BCUT2D eigenvalue weighted by atomic mass is 16.5. The normalized spacial score (nSPS) is 31.3. The van der Waals surface area contributed by atoms with Gasteiger partial charge in [0.05, 0.1) is 0 Å². The van der Waals surface area contributed by atoms with E-state index in [4.69, 9.17) is 4.74 Å². The molecule has 2 heteroatoms. The van der Waals surface area contributed by atoms with E-state index in [1.54, 1.807) is 7.11 Å². The van der Waals surface area contributed by atoms with Crippen LogP contribution >= 0.6 is 0 Å². The fraction of sp³-hybridized carbons (Fsp3) is 0.800. The molecule has 1 saturated heterocycles. The lowest BCUT2D eigenvalue weighted by atomic mass is 10.4. The summed E-state index contributed by atoms with van der Waals surface area (Å²) in [5, 5.41) is 3.06. The van der Waals surface area contributed by atoms with E-state index in [0.29, 0.717) is 6.23 Å². The topological polar surface area (TPSA) is 21.3 Å². The van der Waals surface area contributed by atoms with E-state index in [-0.39, 0.29) is 0 Å². The van der Waals surface area contributed by atoms with Crippen molar-refractivity contribution in [3.63, 3.8) is 0 Å².